The molecule has 0 radical (unpaired) electrons. The second-order valence-corrected chi connectivity index (χ2v) is 5.95. The van der Waals surface area contributed by atoms with Gasteiger partial charge in [-0.15, -0.1) is 11.3 Å². The average molecular weight is 332 g/mol. The normalized spacial score (nSPS) is 10.6. The first-order chi connectivity index (χ1) is 11.1. The van der Waals surface area contributed by atoms with Crippen molar-refractivity contribution in [3.05, 3.63) is 60.2 Å². The van der Waals surface area contributed by atoms with Gasteiger partial charge in [0.2, 0.25) is 0 Å². The lowest BCUT2D eigenvalue weighted by Crippen LogP contribution is -1.93. The molecule has 0 aliphatic heterocycles. The quantitative estimate of drug-likeness (QED) is 0.639. The Kier molecular flexibility index (Phi) is 4.30. The summed E-state index contributed by atoms with van der Waals surface area (Å²) in [6.45, 7) is 0. The van der Waals surface area contributed by atoms with E-state index in [1.165, 1.54) is 30.6 Å². The van der Waals surface area contributed by atoms with Crippen LogP contribution in [-0.4, -0.2) is 14.2 Å². The van der Waals surface area contributed by atoms with Crippen LogP contribution in [0.2, 0.25) is 0 Å². The Morgan fingerprint density at radius 1 is 0.783 bits per heavy atom. The summed E-state index contributed by atoms with van der Waals surface area (Å²) in [7, 11) is 2.86. The minimum Gasteiger partial charge on any atom is -0.497 e. The highest BCUT2D eigenvalue weighted by Crippen LogP contribution is 2.37. The number of methoxy groups -OCH3 is 2. The third-order valence-electron chi connectivity index (χ3n) is 3.45. The molecule has 1 aromatic heterocycles. The molecule has 0 unspecified atom stereocenters. The van der Waals surface area contributed by atoms with Gasteiger partial charge < -0.3 is 9.47 Å². The topological polar surface area (TPSA) is 18.5 Å². The molecule has 2 nitrogen and oxygen atoms in total. The van der Waals surface area contributed by atoms with E-state index in [0.717, 1.165) is 21.1 Å². The van der Waals surface area contributed by atoms with Crippen LogP contribution in [0.4, 0.5) is 8.78 Å². The number of hydrogen-bond donors (Lipinski definition) is 0. The van der Waals surface area contributed by atoms with Gasteiger partial charge in [0, 0.05) is 9.75 Å². The van der Waals surface area contributed by atoms with Gasteiger partial charge in [0.1, 0.15) is 5.75 Å². The van der Waals surface area contributed by atoms with E-state index < -0.39 is 11.6 Å². The number of rotatable bonds is 4. The first-order valence-electron chi connectivity index (χ1n) is 6.90. The van der Waals surface area contributed by atoms with Gasteiger partial charge in [-0.3, -0.25) is 0 Å². The molecule has 0 atom stereocenters. The van der Waals surface area contributed by atoms with Gasteiger partial charge in [-0.1, -0.05) is 12.1 Å². The Hall–Kier alpha value is -2.40. The summed E-state index contributed by atoms with van der Waals surface area (Å²) in [5.41, 5.74) is 1.48. The molecule has 0 fully saturated rings. The fourth-order valence-electron chi connectivity index (χ4n) is 2.32. The smallest absolute Gasteiger partial charge is 0.190 e. The van der Waals surface area contributed by atoms with Gasteiger partial charge in [0.05, 0.1) is 14.2 Å². The molecule has 118 valence electrons. The van der Waals surface area contributed by atoms with Gasteiger partial charge in [-0.2, -0.15) is 0 Å². The van der Waals surface area contributed by atoms with Crippen molar-refractivity contribution in [1.29, 1.82) is 0 Å². The van der Waals surface area contributed by atoms with Crippen LogP contribution >= 0.6 is 11.3 Å². The van der Waals surface area contributed by atoms with Gasteiger partial charge in [0.15, 0.2) is 17.4 Å². The predicted molar refractivity (Wildman–Crippen MR) is 88.2 cm³/mol. The van der Waals surface area contributed by atoms with E-state index in [1.54, 1.807) is 7.11 Å². The number of ether oxygens (including phenoxy) is 2. The van der Waals surface area contributed by atoms with Crippen LogP contribution < -0.4 is 9.47 Å². The Labute approximate surface area is 136 Å². The van der Waals surface area contributed by atoms with Crippen LogP contribution in [0.15, 0.2) is 48.5 Å². The molecule has 3 aromatic rings. The lowest BCUT2D eigenvalue weighted by Gasteiger charge is -2.05. The van der Waals surface area contributed by atoms with Crippen LogP contribution in [0.25, 0.3) is 20.9 Å². The van der Waals surface area contributed by atoms with Crippen LogP contribution in [0.1, 0.15) is 0 Å². The van der Waals surface area contributed by atoms with E-state index >= 15 is 0 Å². The van der Waals surface area contributed by atoms with Gasteiger partial charge >= 0.3 is 0 Å². The van der Waals surface area contributed by atoms with Crippen molar-refractivity contribution in [2.24, 2.45) is 0 Å². The SMILES string of the molecule is COc1cccc(-c2ccc(-c3cc(F)c(OC)c(F)c3)s2)c1. The predicted octanol–water partition coefficient (Wildman–Crippen LogP) is 5.38. The Bertz CT molecular complexity index is 820. The maximum atomic E-state index is 13.8. The van der Waals surface area contributed by atoms with Crippen molar-refractivity contribution in [2.45, 2.75) is 0 Å². The monoisotopic (exact) mass is 332 g/mol. The van der Waals surface area contributed by atoms with Crippen molar-refractivity contribution in [3.63, 3.8) is 0 Å². The lowest BCUT2D eigenvalue weighted by molar-refractivity contribution is 0.360. The average Bonchev–Trinajstić information content (AvgIpc) is 3.04. The van der Waals surface area contributed by atoms with Gasteiger partial charge in [0.25, 0.3) is 0 Å². The second kappa shape index (κ2) is 6.38. The highest BCUT2D eigenvalue weighted by atomic mass is 32.1. The van der Waals surface area contributed by atoms with Crippen molar-refractivity contribution in [2.75, 3.05) is 14.2 Å². The summed E-state index contributed by atoms with van der Waals surface area (Å²) in [5.74, 6) is -1.02. The zero-order valence-corrected chi connectivity index (χ0v) is 13.4. The molecule has 0 spiro atoms. The Morgan fingerprint density at radius 2 is 1.43 bits per heavy atom. The zero-order chi connectivity index (χ0) is 16.4. The van der Waals surface area contributed by atoms with Crippen LogP contribution in [0.3, 0.4) is 0 Å². The van der Waals surface area contributed by atoms with E-state index in [4.69, 9.17) is 9.47 Å². The van der Waals surface area contributed by atoms with E-state index in [-0.39, 0.29) is 5.75 Å². The van der Waals surface area contributed by atoms with E-state index in [2.05, 4.69) is 0 Å². The summed E-state index contributed by atoms with van der Waals surface area (Å²) in [6.07, 6.45) is 0. The highest BCUT2D eigenvalue weighted by Gasteiger charge is 2.14. The van der Waals surface area contributed by atoms with Crippen LogP contribution in [0, 0.1) is 11.6 Å². The molecule has 0 aliphatic carbocycles. The summed E-state index contributed by atoms with van der Waals surface area (Å²) in [6, 6.07) is 14.0. The second-order valence-electron chi connectivity index (χ2n) is 4.87. The van der Waals surface area contributed by atoms with Crippen LogP contribution in [0.5, 0.6) is 11.5 Å². The standard InChI is InChI=1S/C18H14F2O2S/c1-21-13-5-3-4-11(8-13)16-6-7-17(23-16)12-9-14(19)18(22-2)15(20)10-12/h3-10H,1-2H3. The molecule has 0 saturated heterocycles. The Balaban J connectivity index is 1.99. The third-order valence-corrected chi connectivity index (χ3v) is 4.63. The summed E-state index contributed by atoms with van der Waals surface area (Å²) in [5, 5.41) is 0. The molecule has 3 rings (SSSR count). The molecule has 0 saturated carbocycles. The number of thiophene rings is 1. The van der Waals surface area contributed by atoms with Crippen molar-refractivity contribution in [1.82, 2.24) is 0 Å². The summed E-state index contributed by atoms with van der Waals surface area (Å²) < 4.78 is 37.6. The molecular formula is C18H14F2O2S. The fourth-order valence-corrected chi connectivity index (χ4v) is 3.31. The first kappa shape index (κ1) is 15.5. The van der Waals surface area contributed by atoms with Gasteiger partial charge in [-0.25, -0.2) is 8.78 Å². The van der Waals surface area contributed by atoms with Crippen molar-refractivity contribution in [3.8, 4) is 32.4 Å². The lowest BCUT2D eigenvalue weighted by atomic mass is 10.1. The molecule has 5 heteroatoms. The molecule has 23 heavy (non-hydrogen) atoms. The zero-order valence-electron chi connectivity index (χ0n) is 12.6. The molecule has 1 heterocycles. The summed E-state index contributed by atoms with van der Waals surface area (Å²) >= 11 is 1.46. The fraction of sp³-hybridized carbons (Fsp3) is 0.111. The van der Waals surface area contributed by atoms with Crippen LogP contribution in [-0.2, 0) is 0 Å². The van der Waals surface area contributed by atoms with E-state index in [1.807, 2.05) is 36.4 Å². The minimum absolute atomic E-state index is 0.363. The van der Waals surface area contributed by atoms with Gasteiger partial charge in [-0.05, 0) is 47.5 Å². The molecular weight excluding hydrogens is 318 g/mol. The first-order valence-corrected chi connectivity index (χ1v) is 7.71. The minimum atomic E-state index is -0.709. The maximum Gasteiger partial charge on any atom is 0.190 e. The molecule has 0 N–H and O–H groups in total. The maximum absolute atomic E-state index is 13.8. The largest absolute Gasteiger partial charge is 0.497 e. The third kappa shape index (κ3) is 3.05. The summed E-state index contributed by atoms with van der Waals surface area (Å²) in [4.78, 5) is 1.78. The number of halogens is 2. The highest BCUT2D eigenvalue weighted by molar-refractivity contribution is 7.18. The number of hydrogen-bond acceptors (Lipinski definition) is 3. The molecule has 0 bridgehead atoms. The van der Waals surface area contributed by atoms with E-state index in [0.29, 0.717) is 5.56 Å². The Morgan fingerprint density at radius 3 is 2.04 bits per heavy atom. The van der Waals surface area contributed by atoms with E-state index in [9.17, 15) is 8.78 Å². The van der Waals surface area contributed by atoms with Crippen molar-refractivity contribution < 1.29 is 18.3 Å². The molecule has 2 aromatic carbocycles. The molecule has 0 amide bonds. The molecule has 0 aliphatic rings. The number of benzene rings is 2. The van der Waals surface area contributed by atoms with Crippen molar-refractivity contribution >= 4 is 11.3 Å².